The summed E-state index contributed by atoms with van der Waals surface area (Å²) in [6, 6.07) is 3.30. The number of pyridine rings is 1. The Bertz CT molecular complexity index is 341. The van der Waals surface area contributed by atoms with Gasteiger partial charge in [0, 0.05) is 6.20 Å². The minimum absolute atomic E-state index is 0.0329. The van der Waals surface area contributed by atoms with Gasteiger partial charge in [0.1, 0.15) is 4.60 Å². The highest BCUT2D eigenvalue weighted by Gasteiger charge is 2.11. The molecule has 1 rings (SSSR count). The minimum Gasteiger partial charge on any atom is -0.459 e. The molecule has 0 radical (unpaired) electrons. The lowest BCUT2D eigenvalue weighted by molar-refractivity contribution is 0.0323. The van der Waals surface area contributed by atoms with Crippen LogP contribution in [0.15, 0.2) is 22.9 Å². The summed E-state index contributed by atoms with van der Waals surface area (Å²) in [6.45, 7) is 3.96. The fourth-order valence-corrected chi connectivity index (χ4v) is 1.61. The first-order chi connectivity index (χ1) is 7.13. The molecule has 1 aromatic heterocycles. The zero-order valence-corrected chi connectivity index (χ0v) is 10.5. The van der Waals surface area contributed by atoms with E-state index in [0.29, 0.717) is 10.2 Å². The van der Waals surface area contributed by atoms with E-state index < -0.39 is 0 Å². The Labute approximate surface area is 98.0 Å². The first-order valence-electron chi connectivity index (χ1n) is 4.96. The molecule has 4 heteroatoms. The number of hydrogen-bond acceptors (Lipinski definition) is 3. The molecule has 3 nitrogen and oxygen atoms in total. The maximum Gasteiger partial charge on any atom is 0.338 e. The summed E-state index contributed by atoms with van der Waals surface area (Å²) in [5, 5.41) is 0. The van der Waals surface area contributed by atoms with Gasteiger partial charge in [0.15, 0.2) is 0 Å². The highest BCUT2D eigenvalue weighted by molar-refractivity contribution is 9.10. The van der Waals surface area contributed by atoms with Crippen LogP contribution in [-0.2, 0) is 4.74 Å². The van der Waals surface area contributed by atoms with E-state index in [1.54, 1.807) is 18.3 Å². The average Bonchev–Trinajstić information content (AvgIpc) is 2.18. The zero-order chi connectivity index (χ0) is 11.3. The van der Waals surface area contributed by atoms with Crippen LogP contribution >= 0.6 is 15.9 Å². The van der Waals surface area contributed by atoms with Crippen LogP contribution in [0.1, 0.15) is 37.0 Å². The fourth-order valence-electron chi connectivity index (χ4n) is 1.25. The van der Waals surface area contributed by atoms with Crippen molar-refractivity contribution in [1.82, 2.24) is 4.98 Å². The number of rotatable bonds is 4. The molecular weight excluding hydrogens is 258 g/mol. The van der Waals surface area contributed by atoms with Gasteiger partial charge in [0.05, 0.1) is 11.7 Å². The first-order valence-corrected chi connectivity index (χ1v) is 5.75. The van der Waals surface area contributed by atoms with E-state index in [2.05, 4.69) is 27.8 Å². The van der Waals surface area contributed by atoms with Gasteiger partial charge in [-0.3, -0.25) is 0 Å². The van der Waals surface area contributed by atoms with Crippen LogP contribution in [0, 0.1) is 0 Å². The normalized spacial score (nSPS) is 12.2. The minimum atomic E-state index is -0.293. The SMILES string of the molecule is CCCC(C)OC(=O)c1ccnc(Br)c1. The van der Waals surface area contributed by atoms with Crippen molar-refractivity contribution >= 4 is 21.9 Å². The summed E-state index contributed by atoms with van der Waals surface area (Å²) in [5.74, 6) is -0.293. The molecule has 1 heterocycles. The van der Waals surface area contributed by atoms with Crippen molar-refractivity contribution in [2.45, 2.75) is 32.8 Å². The smallest absolute Gasteiger partial charge is 0.338 e. The highest BCUT2D eigenvalue weighted by Crippen LogP contribution is 2.11. The van der Waals surface area contributed by atoms with E-state index >= 15 is 0 Å². The van der Waals surface area contributed by atoms with E-state index in [0.717, 1.165) is 12.8 Å². The van der Waals surface area contributed by atoms with Gasteiger partial charge in [-0.2, -0.15) is 0 Å². The molecule has 0 aliphatic heterocycles. The van der Waals surface area contributed by atoms with Crippen molar-refractivity contribution in [1.29, 1.82) is 0 Å². The van der Waals surface area contributed by atoms with Crippen LogP contribution in [0.4, 0.5) is 0 Å². The maximum absolute atomic E-state index is 11.6. The Balaban J connectivity index is 2.61. The molecule has 1 unspecified atom stereocenters. The molecule has 0 saturated carbocycles. The number of carbonyl (C=O) groups is 1. The molecule has 0 aliphatic rings. The van der Waals surface area contributed by atoms with Crippen LogP contribution in [0.3, 0.4) is 0 Å². The summed E-state index contributed by atoms with van der Waals surface area (Å²) >= 11 is 3.21. The molecule has 0 spiro atoms. The second-order valence-corrected chi connectivity index (χ2v) is 4.18. The Kier molecular flexibility index (Phi) is 4.75. The van der Waals surface area contributed by atoms with Gasteiger partial charge in [0.25, 0.3) is 0 Å². The molecule has 1 atom stereocenters. The Morgan fingerprint density at radius 3 is 3.00 bits per heavy atom. The first kappa shape index (κ1) is 12.2. The van der Waals surface area contributed by atoms with E-state index in [1.165, 1.54) is 0 Å². The third-order valence-electron chi connectivity index (χ3n) is 1.97. The predicted molar refractivity (Wildman–Crippen MR) is 61.7 cm³/mol. The lowest BCUT2D eigenvalue weighted by Gasteiger charge is -2.11. The number of carbonyl (C=O) groups excluding carboxylic acids is 1. The second kappa shape index (κ2) is 5.85. The quantitative estimate of drug-likeness (QED) is 0.624. The number of esters is 1. The average molecular weight is 272 g/mol. The largest absolute Gasteiger partial charge is 0.459 e. The lowest BCUT2D eigenvalue weighted by Crippen LogP contribution is -2.14. The number of ether oxygens (including phenoxy) is 1. The summed E-state index contributed by atoms with van der Waals surface area (Å²) < 4.78 is 5.88. The van der Waals surface area contributed by atoms with Crippen LogP contribution in [0.2, 0.25) is 0 Å². The summed E-state index contributed by atoms with van der Waals surface area (Å²) in [5.41, 5.74) is 0.528. The standard InChI is InChI=1S/C11H14BrNO2/c1-3-4-8(2)15-11(14)9-5-6-13-10(12)7-9/h5-8H,3-4H2,1-2H3. The number of nitrogens with zero attached hydrogens (tertiary/aromatic N) is 1. The van der Waals surface area contributed by atoms with Crippen LogP contribution in [-0.4, -0.2) is 17.1 Å². The molecule has 1 aromatic rings. The summed E-state index contributed by atoms with van der Waals surface area (Å²) in [6.07, 6.45) is 3.44. The fraction of sp³-hybridized carbons (Fsp3) is 0.455. The molecule has 15 heavy (non-hydrogen) atoms. The summed E-state index contributed by atoms with van der Waals surface area (Å²) in [7, 11) is 0. The molecule has 0 aliphatic carbocycles. The van der Waals surface area contributed by atoms with Gasteiger partial charge in [0.2, 0.25) is 0 Å². The molecule has 0 N–H and O–H groups in total. The molecule has 0 fully saturated rings. The molecule has 0 aromatic carbocycles. The topological polar surface area (TPSA) is 39.2 Å². The highest BCUT2D eigenvalue weighted by atomic mass is 79.9. The van der Waals surface area contributed by atoms with Crippen LogP contribution < -0.4 is 0 Å². The molecule has 82 valence electrons. The van der Waals surface area contributed by atoms with Crippen LogP contribution in [0.25, 0.3) is 0 Å². The molecule has 0 saturated heterocycles. The van der Waals surface area contributed by atoms with E-state index in [-0.39, 0.29) is 12.1 Å². The number of hydrogen-bond donors (Lipinski definition) is 0. The van der Waals surface area contributed by atoms with Crippen molar-refractivity contribution in [3.05, 3.63) is 28.5 Å². The number of aromatic nitrogens is 1. The predicted octanol–water partition coefficient (Wildman–Crippen LogP) is 3.19. The second-order valence-electron chi connectivity index (χ2n) is 3.37. The third-order valence-corrected chi connectivity index (χ3v) is 2.40. The number of halogens is 1. The van der Waals surface area contributed by atoms with Crippen molar-refractivity contribution in [2.75, 3.05) is 0 Å². The Hall–Kier alpha value is -0.900. The Morgan fingerprint density at radius 2 is 2.40 bits per heavy atom. The molecule has 0 bridgehead atoms. The van der Waals surface area contributed by atoms with Gasteiger partial charge in [-0.05, 0) is 41.4 Å². The van der Waals surface area contributed by atoms with Crippen molar-refractivity contribution in [3.8, 4) is 0 Å². The van der Waals surface area contributed by atoms with Crippen LogP contribution in [0.5, 0.6) is 0 Å². The van der Waals surface area contributed by atoms with E-state index in [4.69, 9.17) is 4.74 Å². The van der Waals surface area contributed by atoms with Gasteiger partial charge in [-0.25, -0.2) is 9.78 Å². The van der Waals surface area contributed by atoms with Crippen molar-refractivity contribution in [3.63, 3.8) is 0 Å². The summed E-state index contributed by atoms with van der Waals surface area (Å²) in [4.78, 5) is 15.6. The third kappa shape index (κ3) is 4.00. The molecular formula is C11H14BrNO2. The van der Waals surface area contributed by atoms with Gasteiger partial charge >= 0.3 is 5.97 Å². The monoisotopic (exact) mass is 271 g/mol. The zero-order valence-electron chi connectivity index (χ0n) is 8.87. The maximum atomic E-state index is 11.6. The lowest BCUT2D eigenvalue weighted by atomic mass is 10.2. The van der Waals surface area contributed by atoms with Crippen molar-refractivity contribution < 1.29 is 9.53 Å². The van der Waals surface area contributed by atoms with Gasteiger partial charge < -0.3 is 4.74 Å². The molecule has 0 amide bonds. The van der Waals surface area contributed by atoms with E-state index in [1.807, 2.05) is 6.92 Å². The van der Waals surface area contributed by atoms with Gasteiger partial charge in [-0.1, -0.05) is 13.3 Å². The van der Waals surface area contributed by atoms with E-state index in [9.17, 15) is 4.79 Å². The van der Waals surface area contributed by atoms with Crippen molar-refractivity contribution in [2.24, 2.45) is 0 Å². The Morgan fingerprint density at radius 1 is 1.67 bits per heavy atom. The van der Waals surface area contributed by atoms with Gasteiger partial charge in [-0.15, -0.1) is 0 Å².